The van der Waals surface area contributed by atoms with Crippen molar-refractivity contribution in [3.63, 3.8) is 0 Å². The molecule has 60 heavy (non-hydrogen) atoms. The molecule has 0 fully saturated rings. The molecule has 0 spiro atoms. The van der Waals surface area contributed by atoms with Crippen LogP contribution in [-0.2, 0) is 52.2 Å². The highest BCUT2D eigenvalue weighted by Gasteiger charge is 2.33. The topological polar surface area (TPSA) is 356 Å². The molecule has 0 saturated heterocycles. The van der Waals surface area contributed by atoms with E-state index in [0.29, 0.717) is 28.4 Å². The molecule has 4 rings (SSSR count). The normalized spacial score (nSPS) is 21.1. The lowest BCUT2D eigenvalue weighted by Gasteiger charge is -2.26. The summed E-state index contributed by atoms with van der Waals surface area (Å²) in [7, 11) is 0. The number of carboxylic acid groups (broad SMARTS) is 1. The van der Waals surface area contributed by atoms with E-state index in [1.54, 1.807) is 5.38 Å². The van der Waals surface area contributed by atoms with Crippen LogP contribution in [0.25, 0.3) is 0 Å². The Morgan fingerprint density at radius 1 is 0.750 bits per heavy atom. The molecule has 3 aromatic rings. The number of fused-ring (bicyclic) bond motifs is 2. The molecule has 15 N–H and O–H groups in total. The van der Waals surface area contributed by atoms with Crippen LogP contribution in [0.4, 0.5) is 5.13 Å². The van der Waals surface area contributed by atoms with E-state index in [2.05, 4.69) is 41.9 Å². The molecular weight excluding hydrogens is 823 g/mol. The summed E-state index contributed by atoms with van der Waals surface area (Å²) in [4.78, 5) is 101. The average molecular weight is 870 g/mol. The average Bonchev–Trinajstić information content (AvgIpc) is 3.64. The Morgan fingerprint density at radius 3 is 1.87 bits per heavy atom. The van der Waals surface area contributed by atoms with Crippen LogP contribution in [0, 0.1) is 0 Å². The molecule has 322 valence electrons. The Kier molecular flexibility index (Phi) is 17.3. The van der Waals surface area contributed by atoms with Gasteiger partial charge >= 0.3 is 5.97 Å². The summed E-state index contributed by atoms with van der Waals surface area (Å²) in [6.45, 7) is -0.471. The van der Waals surface area contributed by atoms with Gasteiger partial charge in [0.05, 0.1) is 18.7 Å². The van der Waals surface area contributed by atoms with E-state index in [-0.39, 0.29) is 54.8 Å². The van der Waals surface area contributed by atoms with Gasteiger partial charge in [0.1, 0.15) is 41.7 Å². The summed E-state index contributed by atoms with van der Waals surface area (Å²) in [5, 5.41) is 46.9. The number of aromatic nitrogens is 1. The third-order valence-electron chi connectivity index (χ3n) is 8.78. The lowest BCUT2D eigenvalue weighted by Crippen LogP contribution is -2.59. The van der Waals surface area contributed by atoms with E-state index in [0.717, 1.165) is 0 Å². The molecule has 1 aliphatic heterocycles. The summed E-state index contributed by atoms with van der Waals surface area (Å²) in [5.41, 5.74) is 18.0. The first kappa shape index (κ1) is 46.1. The molecule has 0 unspecified atom stereocenters. The molecule has 2 aromatic carbocycles. The number of carboxylic acids is 1. The van der Waals surface area contributed by atoms with E-state index in [4.69, 9.17) is 17.2 Å². The first-order valence-electron chi connectivity index (χ1n) is 18.5. The van der Waals surface area contributed by atoms with Crippen molar-refractivity contribution in [3.8, 4) is 11.5 Å². The minimum absolute atomic E-state index is 0.00257. The number of nitrogens with zero attached hydrogens (tertiary/aromatic N) is 2. The molecule has 6 amide bonds. The Labute approximate surface area is 351 Å². The molecule has 21 nitrogen and oxygen atoms in total. The van der Waals surface area contributed by atoms with Crippen LogP contribution in [0.3, 0.4) is 0 Å². The maximum absolute atomic E-state index is 14.1. The van der Waals surface area contributed by atoms with Crippen molar-refractivity contribution in [2.75, 3.05) is 24.2 Å². The molecule has 0 radical (unpaired) electrons. The summed E-state index contributed by atoms with van der Waals surface area (Å²) >= 11 is 2.41. The number of anilines is 1. The monoisotopic (exact) mass is 869 g/mol. The quantitative estimate of drug-likeness (QED) is 0.0571. The molecule has 1 aliphatic rings. The first-order valence-corrected chi connectivity index (χ1v) is 20.5. The van der Waals surface area contributed by atoms with Gasteiger partial charge in [-0.15, -0.1) is 11.3 Å². The van der Waals surface area contributed by atoms with Gasteiger partial charge < -0.3 is 64.4 Å². The van der Waals surface area contributed by atoms with Crippen LogP contribution in [0.2, 0.25) is 0 Å². The van der Waals surface area contributed by atoms with Gasteiger partial charge in [-0.05, 0) is 48.2 Å². The van der Waals surface area contributed by atoms with E-state index < -0.39 is 84.6 Å². The van der Waals surface area contributed by atoms with Gasteiger partial charge in [0, 0.05) is 36.3 Å². The number of carbonyl (C=O) groups is 7. The fourth-order valence-electron chi connectivity index (χ4n) is 5.73. The van der Waals surface area contributed by atoms with Crippen LogP contribution in [0.5, 0.6) is 11.5 Å². The van der Waals surface area contributed by atoms with Gasteiger partial charge in [-0.3, -0.25) is 38.6 Å². The number of primary amides is 1. The second kappa shape index (κ2) is 22.5. The van der Waals surface area contributed by atoms with Gasteiger partial charge in [0.25, 0.3) is 0 Å². The van der Waals surface area contributed by atoms with E-state index >= 15 is 0 Å². The number of phenolic OH excluding ortho intramolecular Hbond substituents is 2. The number of nitrogens with one attached hydrogen (secondary N) is 6. The molecule has 2 bridgehead atoms. The van der Waals surface area contributed by atoms with Crippen molar-refractivity contribution in [1.82, 2.24) is 31.6 Å². The minimum atomic E-state index is -1.74. The number of nitrogens with two attached hydrogens (primary N) is 3. The highest BCUT2D eigenvalue weighted by molar-refractivity contribution is 7.98. The number of amides is 6. The number of aliphatic carboxylic acids is 1. The summed E-state index contributed by atoms with van der Waals surface area (Å²) in [6, 6.07) is 4.64. The van der Waals surface area contributed by atoms with Gasteiger partial charge in [-0.25, -0.2) is 4.98 Å². The van der Waals surface area contributed by atoms with E-state index in [1.807, 2.05) is 0 Å². The van der Waals surface area contributed by atoms with Crippen LogP contribution < -0.4 is 49.1 Å². The lowest BCUT2D eigenvalue weighted by molar-refractivity contribution is -0.141. The maximum atomic E-state index is 14.1. The van der Waals surface area contributed by atoms with E-state index in [9.17, 15) is 48.9 Å². The van der Waals surface area contributed by atoms with Crippen molar-refractivity contribution < 1.29 is 48.9 Å². The Morgan fingerprint density at radius 2 is 1.32 bits per heavy atom. The number of benzene rings is 2. The minimum Gasteiger partial charge on any atom is -0.508 e. The highest BCUT2D eigenvalue weighted by atomic mass is 32.2. The van der Waals surface area contributed by atoms with Crippen LogP contribution in [0.15, 0.2) is 58.9 Å². The summed E-state index contributed by atoms with van der Waals surface area (Å²) < 4.78 is 0. The van der Waals surface area contributed by atoms with Gasteiger partial charge in [0.15, 0.2) is 11.1 Å². The van der Waals surface area contributed by atoms with E-state index in [1.165, 1.54) is 71.6 Å². The predicted molar refractivity (Wildman–Crippen MR) is 221 cm³/mol. The zero-order valence-electron chi connectivity index (χ0n) is 32.1. The second-order valence-electron chi connectivity index (χ2n) is 13.6. The number of thioether (sulfide) groups is 1. The van der Waals surface area contributed by atoms with Crippen molar-refractivity contribution in [1.29, 1.82) is 0 Å². The second-order valence-corrected chi connectivity index (χ2v) is 15.5. The number of carbonyl (C=O) groups excluding carboxylic acids is 6. The van der Waals surface area contributed by atoms with Gasteiger partial charge in [0.2, 0.25) is 35.4 Å². The maximum Gasteiger partial charge on any atom is 0.305 e. The number of hydrogen-bond donors (Lipinski definition) is 12. The number of aliphatic imine (C=N–C) groups is 1. The largest absolute Gasteiger partial charge is 0.508 e. The number of phenols is 2. The van der Waals surface area contributed by atoms with Crippen LogP contribution in [-0.4, -0.2) is 117 Å². The third-order valence-corrected chi connectivity index (χ3v) is 10.7. The lowest BCUT2D eigenvalue weighted by atomic mass is 10.0. The van der Waals surface area contributed by atoms with Gasteiger partial charge in [-0.2, -0.15) is 11.8 Å². The molecule has 0 saturated carbocycles. The standard InChI is InChI=1S/C37H47N11O10S2/c38-31(54)28-18-59-16-21-17-60-37(43-21)48-24(2-1-11-41-36(39)40)32(55)42-15-29(51)44-27(14-30(52)53)35(58)46-25(12-19-3-7-22(49)8-4-19)33(56)45-26(34(57)47-28)13-20-5-9-23(50)10-6-20/h3-10,17,24-28,49-50H,1-2,11-16,18H2,(H2,38,54)(H,42,55)(H,43,48)(H,44,51)(H,45,56)(H,46,58)(H,47,57)(H,52,53)(H4,39,40,41)/t24-,25-,26-,27-,28-/m0/s1. The van der Waals surface area contributed by atoms with Crippen molar-refractivity contribution >= 4 is 75.6 Å². The first-order chi connectivity index (χ1) is 28.6. The third kappa shape index (κ3) is 15.3. The molecule has 0 aliphatic carbocycles. The summed E-state index contributed by atoms with van der Waals surface area (Å²) in [5.74, 6) is -6.71. The Bertz CT molecular complexity index is 2030. The SMILES string of the molecule is NC(=O)[C@@H]1CSCc2csc(n2)N[C@@H](CCCN=C(N)N)C(=O)NCC(=O)N[C@@H](CC(=O)O)C(=O)N[C@@H](Cc2ccc(O)cc2)C(=O)N[C@@H](Cc2ccc(O)cc2)C(=O)N1. The van der Waals surface area contributed by atoms with Crippen LogP contribution in [0.1, 0.15) is 36.1 Å². The van der Waals surface area contributed by atoms with Crippen molar-refractivity contribution in [2.24, 2.45) is 22.2 Å². The Balaban J connectivity index is 1.69. The molecule has 23 heteroatoms. The zero-order chi connectivity index (χ0) is 43.8. The fourth-order valence-corrected chi connectivity index (χ4v) is 7.56. The highest BCUT2D eigenvalue weighted by Crippen LogP contribution is 2.22. The van der Waals surface area contributed by atoms with Crippen LogP contribution >= 0.6 is 23.1 Å². The van der Waals surface area contributed by atoms with Crippen molar-refractivity contribution in [3.05, 3.63) is 70.7 Å². The fraction of sp³-hybridized carbons (Fsp3) is 0.378. The van der Waals surface area contributed by atoms with Crippen molar-refractivity contribution in [2.45, 2.75) is 68.1 Å². The molecule has 2 heterocycles. The zero-order valence-corrected chi connectivity index (χ0v) is 33.7. The van der Waals surface area contributed by atoms with Gasteiger partial charge in [-0.1, -0.05) is 24.3 Å². The summed E-state index contributed by atoms with van der Waals surface area (Å²) in [6.07, 6.45) is -0.761. The molecule has 5 atom stereocenters. The number of thiazole rings is 1. The number of rotatable bonds is 11. The molecule has 1 aromatic heterocycles. The predicted octanol–water partition coefficient (Wildman–Crippen LogP) is -1.86. The number of aromatic hydroxyl groups is 2. The Hall–Kier alpha value is -6.62. The number of hydrogen-bond acceptors (Lipinski definition) is 14. The molecular formula is C37H47N11O10S2. The smallest absolute Gasteiger partial charge is 0.305 e. The number of guanidine groups is 1.